The van der Waals surface area contributed by atoms with Gasteiger partial charge in [0, 0.05) is 38.3 Å². The minimum Gasteiger partial charge on any atom is -0.482 e. The first-order valence-corrected chi connectivity index (χ1v) is 12.0. The molecule has 38 heavy (non-hydrogen) atoms. The van der Waals surface area contributed by atoms with Crippen molar-refractivity contribution in [1.29, 1.82) is 0 Å². The number of carbonyl (C=O) groups excluding carboxylic acids is 2. The zero-order valence-corrected chi connectivity index (χ0v) is 20.3. The van der Waals surface area contributed by atoms with Crippen LogP contribution in [0.2, 0.25) is 0 Å². The highest BCUT2D eigenvalue weighted by molar-refractivity contribution is 6.02. The van der Waals surface area contributed by atoms with Crippen molar-refractivity contribution in [3.8, 4) is 5.75 Å². The standard InChI is InChI=1S/C27H24F2N4O5/c28-20-5-1-18(2-6-20)27(19-3-7-21(29)8-4-19)31-13-11-30(12-14-31)25(34)16-32-23-15-22(33(36)37)9-10-24(23)38-17-26(32)35/h1-10,15,27H,11-14,16-17H2. The minimum absolute atomic E-state index is 0.190. The molecule has 0 atom stereocenters. The van der Waals surface area contributed by atoms with E-state index in [9.17, 15) is 28.5 Å². The van der Waals surface area contributed by atoms with Crippen LogP contribution in [-0.4, -0.2) is 65.9 Å². The van der Waals surface area contributed by atoms with Crippen molar-refractivity contribution in [3.63, 3.8) is 0 Å². The molecule has 0 saturated carbocycles. The van der Waals surface area contributed by atoms with Crippen molar-refractivity contribution < 1.29 is 28.0 Å². The summed E-state index contributed by atoms with van der Waals surface area (Å²) in [4.78, 5) is 41.4. The number of carbonyl (C=O) groups is 2. The van der Waals surface area contributed by atoms with Crippen LogP contribution in [0.5, 0.6) is 5.75 Å². The molecule has 0 bridgehead atoms. The molecule has 0 spiro atoms. The molecule has 2 aliphatic heterocycles. The average Bonchev–Trinajstić information content (AvgIpc) is 2.92. The molecule has 3 aromatic rings. The average molecular weight is 523 g/mol. The number of hydrogen-bond donors (Lipinski definition) is 0. The maximum Gasteiger partial charge on any atom is 0.271 e. The number of ether oxygens (including phenoxy) is 1. The molecule has 11 heteroatoms. The second-order valence-electron chi connectivity index (χ2n) is 9.10. The third-order valence-corrected chi connectivity index (χ3v) is 6.79. The highest BCUT2D eigenvalue weighted by Crippen LogP contribution is 2.35. The van der Waals surface area contributed by atoms with Crippen LogP contribution in [0.3, 0.4) is 0 Å². The van der Waals surface area contributed by atoms with Crippen LogP contribution in [0.1, 0.15) is 17.2 Å². The number of hydrogen-bond acceptors (Lipinski definition) is 6. The number of amides is 2. The zero-order chi connectivity index (χ0) is 26.8. The molecule has 0 unspecified atom stereocenters. The van der Waals surface area contributed by atoms with Crippen molar-refractivity contribution in [2.45, 2.75) is 6.04 Å². The molecule has 0 aromatic heterocycles. The van der Waals surface area contributed by atoms with Crippen molar-refractivity contribution in [2.75, 3.05) is 44.2 Å². The van der Waals surface area contributed by atoms with Gasteiger partial charge in [0.25, 0.3) is 11.6 Å². The molecule has 0 radical (unpaired) electrons. The molecule has 3 aromatic carbocycles. The molecule has 2 amide bonds. The van der Waals surface area contributed by atoms with E-state index in [4.69, 9.17) is 4.74 Å². The number of nitro benzene ring substituents is 1. The Labute approximate surface area is 217 Å². The third-order valence-electron chi connectivity index (χ3n) is 6.79. The van der Waals surface area contributed by atoms with E-state index in [-0.39, 0.29) is 48.1 Å². The van der Waals surface area contributed by atoms with Gasteiger partial charge in [-0.1, -0.05) is 24.3 Å². The van der Waals surface area contributed by atoms with E-state index < -0.39 is 10.8 Å². The minimum atomic E-state index is -0.572. The van der Waals surface area contributed by atoms with Gasteiger partial charge in [-0.25, -0.2) is 8.78 Å². The fraction of sp³-hybridized carbons (Fsp3) is 0.259. The van der Waals surface area contributed by atoms with Crippen LogP contribution in [0.4, 0.5) is 20.2 Å². The van der Waals surface area contributed by atoms with Crippen LogP contribution >= 0.6 is 0 Å². The van der Waals surface area contributed by atoms with Crippen molar-refractivity contribution >= 4 is 23.2 Å². The number of nitrogens with zero attached hydrogens (tertiary/aromatic N) is 4. The quantitative estimate of drug-likeness (QED) is 0.363. The lowest BCUT2D eigenvalue weighted by atomic mass is 9.96. The number of benzene rings is 3. The van der Waals surface area contributed by atoms with Gasteiger partial charge in [0.1, 0.15) is 23.9 Å². The van der Waals surface area contributed by atoms with E-state index in [1.165, 1.54) is 47.4 Å². The Kier molecular flexibility index (Phi) is 7.01. The summed E-state index contributed by atoms with van der Waals surface area (Å²) < 4.78 is 32.5. The Balaban J connectivity index is 1.30. The topological polar surface area (TPSA) is 96.2 Å². The van der Waals surface area contributed by atoms with Crippen LogP contribution in [0.25, 0.3) is 0 Å². The normalized spacial score (nSPS) is 15.8. The summed E-state index contributed by atoms with van der Waals surface area (Å²) in [5.41, 5.74) is 1.67. The number of nitro groups is 1. The summed E-state index contributed by atoms with van der Waals surface area (Å²) in [5.74, 6) is -1.16. The Bertz CT molecular complexity index is 1310. The predicted octanol–water partition coefficient (Wildman–Crippen LogP) is 3.53. The van der Waals surface area contributed by atoms with Crippen molar-refractivity contribution in [3.05, 3.63) is 99.6 Å². The monoisotopic (exact) mass is 522 g/mol. The van der Waals surface area contributed by atoms with Gasteiger partial charge in [-0.15, -0.1) is 0 Å². The number of fused-ring (bicyclic) bond motifs is 1. The Hall–Kier alpha value is -4.38. The fourth-order valence-corrected chi connectivity index (χ4v) is 4.85. The molecule has 5 rings (SSSR count). The van der Waals surface area contributed by atoms with E-state index in [2.05, 4.69) is 4.90 Å². The molecule has 2 heterocycles. The summed E-state index contributed by atoms with van der Waals surface area (Å²) >= 11 is 0. The van der Waals surface area contributed by atoms with Crippen LogP contribution in [0.15, 0.2) is 66.7 Å². The van der Waals surface area contributed by atoms with E-state index >= 15 is 0 Å². The third kappa shape index (κ3) is 5.18. The number of rotatable bonds is 6. The molecule has 196 valence electrons. The van der Waals surface area contributed by atoms with E-state index in [0.717, 1.165) is 11.1 Å². The van der Waals surface area contributed by atoms with Crippen LogP contribution in [0, 0.1) is 21.7 Å². The number of halogens is 2. The first-order chi connectivity index (χ1) is 18.3. The van der Waals surface area contributed by atoms with Crippen LogP contribution < -0.4 is 9.64 Å². The molecular formula is C27H24F2N4O5. The van der Waals surface area contributed by atoms with Crippen LogP contribution in [-0.2, 0) is 9.59 Å². The SMILES string of the molecule is O=C(CN1C(=O)COc2ccc([N+](=O)[O-])cc21)N1CCN(C(c2ccc(F)cc2)c2ccc(F)cc2)CC1. The lowest BCUT2D eigenvalue weighted by Crippen LogP contribution is -2.53. The lowest BCUT2D eigenvalue weighted by molar-refractivity contribution is -0.384. The maximum absolute atomic E-state index is 13.6. The van der Waals surface area contributed by atoms with Crippen molar-refractivity contribution in [1.82, 2.24) is 9.80 Å². The van der Waals surface area contributed by atoms with Gasteiger partial charge in [-0.05, 0) is 41.5 Å². The summed E-state index contributed by atoms with van der Waals surface area (Å²) in [5, 5.41) is 11.2. The van der Waals surface area contributed by atoms with Gasteiger partial charge in [0.2, 0.25) is 5.91 Å². The predicted molar refractivity (Wildman–Crippen MR) is 134 cm³/mol. The largest absolute Gasteiger partial charge is 0.482 e. The summed E-state index contributed by atoms with van der Waals surface area (Å²) in [6.07, 6.45) is 0. The highest BCUT2D eigenvalue weighted by atomic mass is 19.1. The number of piperazine rings is 1. The van der Waals surface area contributed by atoms with Crippen molar-refractivity contribution in [2.24, 2.45) is 0 Å². The number of anilines is 1. The van der Waals surface area contributed by atoms with Gasteiger partial charge in [0.05, 0.1) is 16.7 Å². The second-order valence-corrected chi connectivity index (χ2v) is 9.10. The fourth-order valence-electron chi connectivity index (χ4n) is 4.85. The van der Waals surface area contributed by atoms with E-state index in [0.29, 0.717) is 31.9 Å². The molecular weight excluding hydrogens is 498 g/mol. The Morgan fingerprint density at radius 1 is 0.921 bits per heavy atom. The summed E-state index contributed by atoms with van der Waals surface area (Å²) in [6.45, 7) is 1.20. The lowest BCUT2D eigenvalue weighted by Gasteiger charge is -2.40. The molecule has 1 fully saturated rings. The van der Waals surface area contributed by atoms with Gasteiger partial charge in [0.15, 0.2) is 6.61 Å². The summed E-state index contributed by atoms with van der Waals surface area (Å²) in [7, 11) is 0. The van der Waals surface area contributed by atoms with Gasteiger partial charge < -0.3 is 9.64 Å². The second kappa shape index (κ2) is 10.5. The van der Waals surface area contributed by atoms with E-state index in [1.807, 2.05) is 0 Å². The number of non-ortho nitro benzene ring substituents is 1. The highest BCUT2D eigenvalue weighted by Gasteiger charge is 2.33. The molecule has 0 aliphatic carbocycles. The first kappa shape index (κ1) is 25.3. The molecule has 2 aliphatic rings. The molecule has 9 nitrogen and oxygen atoms in total. The maximum atomic E-state index is 13.6. The van der Waals surface area contributed by atoms with Gasteiger partial charge >= 0.3 is 0 Å². The smallest absolute Gasteiger partial charge is 0.271 e. The Morgan fingerprint density at radius 2 is 1.50 bits per heavy atom. The van der Waals surface area contributed by atoms with Gasteiger partial charge in [-0.3, -0.25) is 29.5 Å². The molecule has 1 saturated heterocycles. The van der Waals surface area contributed by atoms with Gasteiger partial charge in [-0.2, -0.15) is 0 Å². The molecule has 0 N–H and O–H groups in total. The zero-order valence-electron chi connectivity index (χ0n) is 20.3. The first-order valence-electron chi connectivity index (χ1n) is 12.0. The van der Waals surface area contributed by atoms with E-state index in [1.54, 1.807) is 29.2 Å². The Morgan fingerprint density at radius 3 is 2.05 bits per heavy atom. The summed E-state index contributed by atoms with van der Waals surface area (Å²) in [6, 6.07) is 16.0.